The number of hydrogen-bond donors (Lipinski definition) is 1. The van der Waals surface area contributed by atoms with Gasteiger partial charge in [0.05, 0.1) is 0 Å². The van der Waals surface area contributed by atoms with Crippen LogP contribution in [0.2, 0.25) is 0 Å². The average molecular weight is 320 g/mol. The summed E-state index contributed by atoms with van der Waals surface area (Å²) < 4.78 is 11.7. The molecule has 0 fully saturated rings. The highest BCUT2D eigenvalue weighted by Crippen LogP contribution is 2.27. The topological polar surface area (TPSA) is 57.4 Å². The Morgan fingerprint density at radius 3 is 2.38 bits per heavy atom. The molecule has 24 heavy (non-hydrogen) atoms. The first-order valence-electron chi connectivity index (χ1n) is 7.85. The molecule has 0 atom stereocenters. The second-order valence-electron chi connectivity index (χ2n) is 5.49. The van der Waals surface area contributed by atoms with Gasteiger partial charge in [0.2, 0.25) is 0 Å². The summed E-state index contributed by atoms with van der Waals surface area (Å²) in [4.78, 5) is 4.24. The van der Waals surface area contributed by atoms with Crippen molar-refractivity contribution in [2.75, 3.05) is 0 Å². The summed E-state index contributed by atoms with van der Waals surface area (Å²) in [6, 6.07) is 19.5. The van der Waals surface area contributed by atoms with Crippen molar-refractivity contribution >= 4 is 0 Å². The van der Waals surface area contributed by atoms with Crippen LogP contribution in [0.4, 0.5) is 0 Å². The zero-order chi connectivity index (χ0) is 16.8. The highest BCUT2D eigenvalue weighted by Gasteiger charge is 2.05. The molecular formula is C20H20N2O2. The molecule has 0 amide bonds. The summed E-state index contributed by atoms with van der Waals surface area (Å²) in [7, 11) is 0. The summed E-state index contributed by atoms with van der Waals surface area (Å²) in [6.07, 6.45) is 1.75. The van der Waals surface area contributed by atoms with Crippen molar-refractivity contribution in [3.05, 3.63) is 83.7 Å². The SMILES string of the molecule is Cc1cc(Oc2ccc(OCc3ccccc3)cc2)c(CN)cn1. The van der Waals surface area contributed by atoms with Gasteiger partial charge in [0.1, 0.15) is 23.9 Å². The zero-order valence-electron chi connectivity index (χ0n) is 13.6. The molecule has 0 bridgehead atoms. The second-order valence-corrected chi connectivity index (χ2v) is 5.49. The minimum Gasteiger partial charge on any atom is -0.489 e. The van der Waals surface area contributed by atoms with Gasteiger partial charge in [-0.25, -0.2) is 0 Å². The Kier molecular flexibility index (Phi) is 5.08. The van der Waals surface area contributed by atoms with E-state index in [9.17, 15) is 0 Å². The van der Waals surface area contributed by atoms with E-state index in [-0.39, 0.29) is 0 Å². The molecule has 4 nitrogen and oxygen atoms in total. The summed E-state index contributed by atoms with van der Waals surface area (Å²) >= 11 is 0. The summed E-state index contributed by atoms with van der Waals surface area (Å²) in [5.41, 5.74) is 8.64. The van der Waals surface area contributed by atoms with Crippen LogP contribution in [-0.2, 0) is 13.2 Å². The first-order chi connectivity index (χ1) is 11.7. The monoisotopic (exact) mass is 320 g/mol. The average Bonchev–Trinajstić information content (AvgIpc) is 2.62. The van der Waals surface area contributed by atoms with E-state index in [1.165, 1.54) is 0 Å². The molecule has 0 saturated carbocycles. The van der Waals surface area contributed by atoms with Crippen molar-refractivity contribution in [2.24, 2.45) is 5.73 Å². The van der Waals surface area contributed by atoms with Crippen molar-refractivity contribution < 1.29 is 9.47 Å². The molecule has 2 aromatic carbocycles. The third-order valence-corrected chi connectivity index (χ3v) is 3.60. The predicted molar refractivity (Wildman–Crippen MR) is 94.2 cm³/mol. The summed E-state index contributed by atoms with van der Waals surface area (Å²) in [5, 5.41) is 0. The van der Waals surface area contributed by atoms with E-state index >= 15 is 0 Å². The molecular weight excluding hydrogens is 300 g/mol. The lowest BCUT2D eigenvalue weighted by Crippen LogP contribution is -2.01. The predicted octanol–water partition coefficient (Wildman–Crippen LogP) is 4.22. The fourth-order valence-electron chi connectivity index (χ4n) is 2.28. The third-order valence-electron chi connectivity index (χ3n) is 3.60. The van der Waals surface area contributed by atoms with Crippen molar-refractivity contribution in [3.8, 4) is 17.2 Å². The second kappa shape index (κ2) is 7.62. The van der Waals surface area contributed by atoms with Crippen molar-refractivity contribution in [3.63, 3.8) is 0 Å². The first kappa shape index (κ1) is 16.0. The molecule has 1 aromatic heterocycles. The quantitative estimate of drug-likeness (QED) is 0.739. The molecule has 0 saturated heterocycles. The van der Waals surface area contributed by atoms with Crippen LogP contribution in [-0.4, -0.2) is 4.98 Å². The zero-order valence-corrected chi connectivity index (χ0v) is 13.6. The van der Waals surface area contributed by atoms with Gasteiger partial charge in [-0.15, -0.1) is 0 Å². The van der Waals surface area contributed by atoms with Crippen LogP contribution in [0, 0.1) is 6.92 Å². The standard InChI is InChI=1S/C20H20N2O2/c1-15-11-20(17(12-21)13-22-15)24-19-9-7-18(8-10-19)23-14-16-5-3-2-4-6-16/h2-11,13H,12,14,21H2,1H3. The maximum Gasteiger partial charge on any atom is 0.135 e. The van der Waals surface area contributed by atoms with Crippen LogP contribution in [0.25, 0.3) is 0 Å². The van der Waals surface area contributed by atoms with Crippen molar-refractivity contribution in [2.45, 2.75) is 20.1 Å². The lowest BCUT2D eigenvalue weighted by molar-refractivity contribution is 0.306. The van der Waals surface area contributed by atoms with Crippen molar-refractivity contribution in [1.29, 1.82) is 0 Å². The first-order valence-corrected chi connectivity index (χ1v) is 7.85. The lowest BCUT2D eigenvalue weighted by atomic mass is 10.2. The van der Waals surface area contributed by atoms with E-state index in [4.69, 9.17) is 15.2 Å². The van der Waals surface area contributed by atoms with Gasteiger partial charge in [-0.1, -0.05) is 30.3 Å². The maximum atomic E-state index is 5.92. The molecule has 122 valence electrons. The van der Waals surface area contributed by atoms with E-state index < -0.39 is 0 Å². The molecule has 0 aliphatic carbocycles. The molecule has 0 aliphatic rings. The molecule has 0 aliphatic heterocycles. The van der Waals surface area contributed by atoms with Crippen molar-refractivity contribution in [1.82, 2.24) is 4.98 Å². The Morgan fingerprint density at radius 1 is 0.958 bits per heavy atom. The van der Waals surface area contributed by atoms with Gasteiger partial charge in [0.25, 0.3) is 0 Å². The lowest BCUT2D eigenvalue weighted by Gasteiger charge is -2.11. The molecule has 0 radical (unpaired) electrons. The smallest absolute Gasteiger partial charge is 0.135 e. The number of nitrogens with two attached hydrogens (primary N) is 1. The Labute approximate surface area is 141 Å². The minimum atomic E-state index is 0.390. The Balaban J connectivity index is 1.65. The van der Waals surface area contributed by atoms with Gasteiger partial charge in [0, 0.05) is 30.1 Å². The largest absolute Gasteiger partial charge is 0.489 e. The molecule has 1 heterocycles. The van der Waals surface area contributed by atoms with Gasteiger partial charge >= 0.3 is 0 Å². The molecule has 0 spiro atoms. The Bertz CT molecular complexity index is 786. The number of hydrogen-bond acceptors (Lipinski definition) is 4. The minimum absolute atomic E-state index is 0.390. The number of pyridine rings is 1. The number of ether oxygens (including phenoxy) is 2. The van der Waals surface area contributed by atoms with Crippen LogP contribution < -0.4 is 15.2 Å². The summed E-state index contributed by atoms with van der Waals surface area (Å²) in [6.45, 7) is 2.86. The molecule has 3 aromatic rings. The van der Waals surface area contributed by atoms with Gasteiger partial charge < -0.3 is 15.2 Å². The van der Waals surface area contributed by atoms with Gasteiger partial charge in [-0.05, 0) is 36.8 Å². The molecule has 2 N–H and O–H groups in total. The van der Waals surface area contributed by atoms with Crippen LogP contribution in [0.1, 0.15) is 16.8 Å². The fraction of sp³-hybridized carbons (Fsp3) is 0.150. The van der Waals surface area contributed by atoms with Crippen LogP contribution >= 0.6 is 0 Å². The number of nitrogens with zero attached hydrogens (tertiary/aromatic N) is 1. The highest BCUT2D eigenvalue weighted by molar-refractivity contribution is 5.39. The number of benzene rings is 2. The fourth-order valence-corrected chi connectivity index (χ4v) is 2.28. The normalized spacial score (nSPS) is 10.4. The van der Waals surface area contributed by atoms with Crippen LogP contribution in [0.15, 0.2) is 66.9 Å². The number of rotatable bonds is 6. The van der Waals surface area contributed by atoms with E-state index in [1.54, 1.807) is 6.20 Å². The highest BCUT2D eigenvalue weighted by atomic mass is 16.5. The molecule has 3 rings (SSSR count). The molecule has 0 unspecified atom stereocenters. The van der Waals surface area contributed by atoms with Gasteiger partial charge in [-0.3, -0.25) is 4.98 Å². The van der Waals surface area contributed by atoms with Crippen LogP contribution in [0.5, 0.6) is 17.2 Å². The van der Waals surface area contributed by atoms with Gasteiger partial charge in [-0.2, -0.15) is 0 Å². The van der Waals surface area contributed by atoms with Gasteiger partial charge in [0.15, 0.2) is 0 Å². The van der Waals surface area contributed by atoms with E-state index in [0.29, 0.717) is 13.2 Å². The number of aromatic nitrogens is 1. The number of aryl methyl sites for hydroxylation is 1. The van der Waals surface area contributed by atoms with E-state index in [2.05, 4.69) is 4.98 Å². The third kappa shape index (κ3) is 4.12. The molecule has 4 heteroatoms. The maximum absolute atomic E-state index is 5.92. The van der Waals surface area contributed by atoms with E-state index in [0.717, 1.165) is 34.1 Å². The van der Waals surface area contributed by atoms with E-state index in [1.807, 2.05) is 67.6 Å². The summed E-state index contributed by atoms with van der Waals surface area (Å²) in [5.74, 6) is 2.28. The van der Waals surface area contributed by atoms with Crippen LogP contribution in [0.3, 0.4) is 0 Å². The Morgan fingerprint density at radius 2 is 1.67 bits per heavy atom. The Hall–Kier alpha value is -2.85.